The van der Waals surface area contributed by atoms with Crippen LogP contribution in [0.4, 0.5) is 10.8 Å². The fourth-order valence-electron chi connectivity index (χ4n) is 1.73. The summed E-state index contributed by atoms with van der Waals surface area (Å²) in [4.78, 5) is 1.98. The molecule has 0 fully saturated rings. The normalized spacial score (nSPS) is 10.4. The molecule has 5 nitrogen and oxygen atoms in total. The molecule has 17 heavy (non-hydrogen) atoms. The van der Waals surface area contributed by atoms with E-state index < -0.39 is 0 Å². The minimum Gasteiger partial charge on any atom is -0.496 e. The van der Waals surface area contributed by atoms with E-state index in [2.05, 4.69) is 21.7 Å². The van der Waals surface area contributed by atoms with Crippen LogP contribution in [0.15, 0.2) is 12.1 Å². The van der Waals surface area contributed by atoms with Crippen molar-refractivity contribution in [1.82, 2.24) is 14.8 Å². The molecule has 0 aliphatic heterocycles. The van der Waals surface area contributed by atoms with Gasteiger partial charge in [0.25, 0.3) is 0 Å². The van der Waals surface area contributed by atoms with Crippen LogP contribution in [0.25, 0.3) is 0 Å². The van der Waals surface area contributed by atoms with E-state index in [4.69, 9.17) is 4.74 Å². The Morgan fingerprint density at radius 3 is 2.59 bits per heavy atom. The van der Waals surface area contributed by atoms with E-state index >= 15 is 0 Å². The van der Waals surface area contributed by atoms with Gasteiger partial charge in [0.1, 0.15) is 5.75 Å². The summed E-state index contributed by atoms with van der Waals surface area (Å²) in [5.74, 6) is 0.898. The van der Waals surface area contributed by atoms with Gasteiger partial charge in [0, 0.05) is 24.3 Å². The van der Waals surface area contributed by atoms with Gasteiger partial charge in [0.2, 0.25) is 5.13 Å². The van der Waals surface area contributed by atoms with Crippen molar-refractivity contribution >= 4 is 22.4 Å². The molecular weight excluding hydrogens is 236 g/mol. The molecule has 0 aliphatic carbocycles. The molecule has 0 bridgehead atoms. The molecule has 1 heterocycles. The van der Waals surface area contributed by atoms with Crippen molar-refractivity contribution in [3.05, 3.63) is 23.3 Å². The van der Waals surface area contributed by atoms with Gasteiger partial charge in [-0.25, -0.2) is 0 Å². The standard InChI is InChI=1S/C11H14N4OS/c1-7-8(2)10(16-4)6-5-9(7)15(3)11-12-13-14-17-11/h5-6H,1-4H3. The lowest BCUT2D eigenvalue weighted by Gasteiger charge is -2.20. The van der Waals surface area contributed by atoms with Crippen molar-refractivity contribution in [3.63, 3.8) is 0 Å². The molecule has 0 unspecified atom stereocenters. The van der Waals surface area contributed by atoms with E-state index in [-0.39, 0.29) is 0 Å². The fraction of sp³-hybridized carbons (Fsp3) is 0.364. The van der Waals surface area contributed by atoms with E-state index in [1.54, 1.807) is 7.11 Å². The molecule has 2 aromatic rings. The summed E-state index contributed by atoms with van der Waals surface area (Å²) in [6.07, 6.45) is 0. The van der Waals surface area contributed by atoms with E-state index in [1.807, 2.05) is 31.0 Å². The first kappa shape index (κ1) is 11.8. The van der Waals surface area contributed by atoms with E-state index in [0.29, 0.717) is 0 Å². The second kappa shape index (κ2) is 4.67. The zero-order valence-corrected chi connectivity index (χ0v) is 11.1. The van der Waals surface area contributed by atoms with Crippen molar-refractivity contribution < 1.29 is 4.74 Å². The summed E-state index contributed by atoms with van der Waals surface area (Å²) in [5, 5.41) is 8.34. The lowest BCUT2D eigenvalue weighted by Crippen LogP contribution is -2.11. The first-order chi connectivity index (χ1) is 8.15. The van der Waals surface area contributed by atoms with Gasteiger partial charge in [-0.2, -0.15) is 0 Å². The Kier molecular flexibility index (Phi) is 3.23. The second-order valence-electron chi connectivity index (χ2n) is 3.74. The number of hydrogen-bond acceptors (Lipinski definition) is 6. The highest BCUT2D eigenvalue weighted by molar-refractivity contribution is 7.09. The van der Waals surface area contributed by atoms with Crippen LogP contribution in [0.2, 0.25) is 0 Å². The van der Waals surface area contributed by atoms with Crippen molar-refractivity contribution in [2.24, 2.45) is 0 Å². The Morgan fingerprint density at radius 2 is 2.00 bits per heavy atom. The number of methoxy groups -OCH3 is 1. The maximum absolute atomic E-state index is 5.30. The van der Waals surface area contributed by atoms with Crippen LogP contribution in [0, 0.1) is 13.8 Å². The van der Waals surface area contributed by atoms with Gasteiger partial charge in [-0.3, -0.25) is 0 Å². The Bertz CT molecular complexity index is 512. The van der Waals surface area contributed by atoms with Crippen LogP contribution in [-0.4, -0.2) is 29.0 Å². The van der Waals surface area contributed by atoms with Gasteiger partial charge in [-0.15, -0.1) is 0 Å². The molecule has 2 rings (SSSR count). The molecular formula is C11H14N4OS. The van der Waals surface area contributed by atoms with Crippen LogP contribution < -0.4 is 9.64 Å². The van der Waals surface area contributed by atoms with Crippen LogP contribution in [0.1, 0.15) is 11.1 Å². The zero-order valence-electron chi connectivity index (χ0n) is 10.3. The van der Waals surface area contributed by atoms with E-state index in [0.717, 1.165) is 22.1 Å². The van der Waals surface area contributed by atoms with Gasteiger partial charge < -0.3 is 9.64 Å². The van der Waals surface area contributed by atoms with Crippen molar-refractivity contribution in [2.45, 2.75) is 13.8 Å². The molecule has 0 spiro atoms. The molecule has 0 radical (unpaired) electrons. The molecule has 1 aromatic carbocycles. The summed E-state index contributed by atoms with van der Waals surface area (Å²) in [6.45, 7) is 4.11. The zero-order chi connectivity index (χ0) is 12.4. The van der Waals surface area contributed by atoms with Gasteiger partial charge in [0.05, 0.1) is 7.11 Å². The fourth-order valence-corrected chi connectivity index (χ4v) is 2.17. The maximum atomic E-state index is 5.30. The van der Waals surface area contributed by atoms with E-state index in [1.165, 1.54) is 17.1 Å². The van der Waals surface area contributed by atoms with Crippen LogP contribution in [-0.2, 0) is 0 Å². The monoisotopic (exact) mass is 250 g/mol. The number of hydrogen-bond donors (Lipinski definition) is 0. The van der Waals surface area contributed by atoms with Crippen molar-refractivity contribution in [1.29, 1.82) is 0 Å². The number of aromatic nitrogens is 3. The first-order valence-corrected chi connectivity index (χ1v) is 5.95. The summed E-state index contributed by atoms with van der Waals surface area (Å²) >= 11 is 1.27. The highest BCUT2D eigenvalue weighted by Gasteiger charge is 2.13. The summed E-state index contributed by atoms with van der Waals surface area (Å²) in [6, 6.07) is 3.98. The van der Waals surface area contributed by atoms with Crippen molar-refractivity contribution in [3.8, 4) is 5.75 Å². The summed E-state index contributed by atoms with van der Waals surface area (Å²) in [5.41, 5.74) is 3.39. The highest BCUT2D eigenvalue weighted by Crippen LogP contribution is 2.32. The largest absolute Gasteiger partial charge is 0.496 e. The Balaban J connectivity index is 2.43. The summed E-state index contributed by atoms with van der Waals surface area (Å²) in [7, 11) is 3.64. The molecule has 6 heteroatoms. The Labute approximate surface area is 104 Å². The number of anilines is 2. The third-order valence-corrected chi connectivity index (χ3v) is 3.54. The van der Waals surface area contributed by atoms with Gasteiger partial charge in [0.15, 0.2) is 0 Å². The molecule has 0 atom stereocenters. The Hall–Kier alpha value is -1.69. The number of nitrogens with zero attached hydrogens (tertiary/aromatic N) is 4. The SMILES string of the molecule is COc1ccc(N(C)c2nnns2)c(C)c1C. The quantitative estimate of drug-likeness (QED) is 0.836. The Morgan fingerprint density at radius 1 is 1.24 bits per heavy atom. The van der Waals surface area contributed by atoms with Crippen LogP contribution in [0.5, 0.6) is 5.75 Å². The molecule has 0 amide bonds. The van der Waals surface area contributed by atoms with Gasteiger partial charge >= 0.3 is 0 Å². The molecule has 90 valence electrons. The minimum atomic E-state index is 0.776. The van der Waals surface area contributed by atoms with Crippen LogP contribution in [0.3, 0.4) is 0 Å². The second-order valence-corrected chi connectivity index (χ2v) is 4.45. The third-order valence-electron chi connectivity index (χ3n) is 2.87. The average molecular weight is 250 g/mol. The lowest BCUT2D eigenvalue weighted by molar-refractivity contribution is 0.411. The van der Waals surface area contributed by atoms with Crippen LogP contribution >= 0.6 is 11.5 Å². The molecule has 0 aliphatic rings. The topological polar surface area (TPSA) is 51.1 Å². The number of rotatable bonds is 3. The number of benzene rings is 1. The molecule has 1 aromatic heterocycles. The minimum absolute atomic E-state index is 0.776. The highest BCUT2D eigenvalue weighted by atomic mass is 32.1. The molecule has 0 saturated carbocycles. The van der Waals surface area contributed by atoms with Gasteiger partial charge in [-0.05, 0) is 42.3 Å². The predicted octanol–water partition coefficient (Wildman–Crippen LogP) is 2.33. The third kappa shape index (κ3) is 2.08. The smallest absolute Gasteiger partial charge is 0.232 e. The summed E-state index contributed by atoms with van der Waals surface area (Å²) < 4.78 is 9.06. The first-order valence-electron chi connectivity index (χ1n) is 5.18. The van der Waals surface area contributed by atoms with Crippen molar-refractivity contribution in [2.75, 3.05) is 19.1 Å². The maximum Gasteiger partial charge on any atom is 0.232 e. The van der Waals surface area contributed by atoms with E-state index in [9.17, 15) is 0 Å². The predicted molar refractivity (Wildman–Crippen MR) is 68.2 cm³/mol. The molecule has 0 saturated heterocycles. The molecule has 0 N–H and O–H groups in total. The van der Waals surface area contributed by atoms with Gasteiger partial charge in [-0.1, -0.05) is 9.59 Å². The number of ether oxygens (including phenoxy) is 1. The lowest BCUT2D eigenvalue weighted by atomic mass is 10.1. The average Bonchev–Trinajstić information content (AvgIpc) is 2.85.